The third-order valence-corrected chi connectivity index (χ3v) is 2.00. The van der Waals surface area contributed by atoms with Crippen molar-refractivity contribution in [3.63, 3.8) is 0 Å². The molecule has 0 bridgehead atoms. The van der Waals surface area contributed by atoms with Gasteiger partial charge in [0.05, 0.1) is 12.2 Å². The van der Waals surface area contributed by atoms with Gasteiger partial charge in [0, 0.05) is 0 Å². The average molecular weight is 154 g/mol. The second-order valence-electron chi connectivity index (χ2n) is 2.84. The first kappa shape index (κ1) is 6.70. The summed E-state index contributed by atoms with van der Waals surface area (Å²) < 4.78 is 10.4. The molecule has 3 heteroatoms. The van der Waals surface area contributed by atoms with E-state index in [0.29, 0.717) is 12.6 Å². The van der Waals surface area contributed by atoms with Gasteiger partial charge in [0.1, 0.15) is 0 Å². The van der Waals surface area contributed by atoms with Crippen molar-refractivity contribution in [1.82, 2.24) is 0 Å². The Morgan fingerprint density at radius 2 is 2.36 bits per heavy atom. The summed E-state index contributed by atoms with van der Waals surface area (Å²) in [6.45, 7) is 2.43. The highest BCUT2D eigenvalue weighted by Crippen LogP contribution is 2.29. The summed E-state index contributed by atoms with van der Waals surface area (Å²) in [5, 5.41) is 0. The Balaban J connectivity index is 2.27. The molecule has 0 spiro atoms. The van der Waals surface area contributed by atoms with E-state index in [1.165, 1.54) is 0 Å². The quantitative estimate of drug-likeness (QED) is 0.522. The van der Waals surface area contributed by atoms with Gasteiger partial charge in [0.15, 0.2) is 6.10 Å². The van der Waals surface area contributed by atoms with Crippen LogP contribution in [0.3, 0.4) is 0 Å². The Hall–Kier alpha value is -0.990. The fourth-order valence-electron chi connectivity index (χ4n) is 1.39. The van der Waals surface area contributed by atoms with E-state index in [1.54, 1.807) is 6.92 Å². The minimum atomic E-state index is -0.321. The number of hydrogen-bond donors (Lipinski definition) is 0. The van der Waals surface area contributed by atoms with Crippen LogP contribution in [0.2, 0.25) is 0 Å². The lowest BCUT2D eigenvalue weighted by Gasteiger charge is -2.12. The Kier molecular flexibility index (Phi) is 1.37. The van der Waals surface area contributed by atoms with E-state index in [4.69, 9.17) is 9.47 Å². The lowest BCUT2D eigenvalue weighted by Crippen LogP contribution is -2.13. The maximum atomic E-state index is 11.3. The predicted molar refractivity (Wildman–Crippen MR) is 37.8 cm³/mol. The van der Waals surface area contributed by atoms with E-state index >= 15 is 0 Å². The second kappa shape index (κ2) is 2.26. The highest BCUT2D eigenvalue weighted by Gasteiger charge is 2.34. The van der Waals surface area contributed by atoms with E-state index in [9.17, 15) is 4.79 Å². The fourth-order valence-corrected chi connectivity index (χ4v) is 1.39. The van der Waals surface area contributed by atoms with E-state index in [0.717, 1.165) is 18.4 Å². The molecule has 3 nitrogen and oxygen atoms in total. The molecule has 0 aliphatic carbocycles. The summed E-state index contributed by atoms with van der Waals surface area (Å²) in [4.78, 5) is 11.3. The number of rotatable bonds is 0. The van der Waals surface area contributed by atoms with Crippen LogP contribution in [0.4, 0.5) is 0 Å². The molecule has 2 aliphatic rings. The Bertz CT molecular complexity index is 229. The second-order valence-corrected chi connectivity index (χ2v) is 2.84. The maximum absolute atomic E-state index is 11.3. The molecule has 11 heavy (non-hydrogen) atoms. The molecule has 0 aromatic carbocycles. The summed E-state index contributed by atoms with van der Waals surface area (Å²) >= 11 is 0. The smallest absolute Gasteiger partial charge is 0.287 e. The van der Waals surface area contributed by atoms with Gasteiger partial charge in [-0.05, 0) is 19.8 Å². The number of Topliss-reactive ketones (excluding diaryl/α,β-unsaturated/α-hetero) is 1. The minimum Gasteiger partial charge on any atom is -0.465 e. The van der Waals surface area contributed by atoms with Gasteiger partial charge in [0.25, 0.3) is 5.95 Å². The summed E-state index contributed by atoms with van der Waals surface area (Å²) in [5.74, 6) is 0.577. The van der Waals surface area contributed by atoms with Crippen molar-refractivity contribution in [3.05, 3.63) is 11.5 Å². The molecule has 2 rings (SSSR count). The summed E-state index contributed by atoms with van der Waals surface area (Å²) in [5.41, 5.74) is 0.753. The van der Waals surface area contributed by atoms with Crippen LogP contribution in [-0.2, 0) is 14.3 Å². The highest BCUT2D eigenvalue weighted by molar-refractivity contribution is 6.00. The van der Waals surface area contributed by atoms with Gasteiger partial charge < -0.3 is 9.47 Å². The van der Waals surface area contributed by atoms with Crippen LogP contribution in [0.25, 0.3) is 0 Å². The van der Waals surface area contributed by atoms with Crippen molar-refractivity contribution >= 4 is 5.78 Å². The van der Waals surface area contributed by atoms with E-state index < -0.39 is 0 Å². The fraction of sp³-hybridized carbons (Fsp3) is 0.625. The maximum Gasteiger partial charge on any atom is 0.287 e. The zero-order valence-electron chi connectivity index (χ0n) is 6.42. The first-order valence-electron chi connectivity index (χ1n) is 3.86. The molecule has 0 aromatic rings. The molecule has 2 heterocycles. The Morgan fingerprint density at radius 3 is 3.09 bits per heavy atom. The largest absolute Gasteiger partial charge is 0.465 e. The summed E-state index contributed by atoms with van der Waals surface area (Å²) in [6.07, 6.45) is 1.43. The standard InChI is InChI=1S/C8H10O3/c1-5-7(9)6-3-2-4-10-8(6)11-5/h5H,2-4H2,1H3. The van der Waals surface area contributed by atoms with E-state index in [-0.39, 0.29) is 11.9 Å². The normalized spacial score (nSPS) is 29.5. The zero-order chi connectivity index (χ0) is 7.84. The number of hydrogen-bond acceptors (Lipinski definition) is 3. The number of carbonyl (C=O) groups is 1. The minimum absolute atomic E-state index is 0.0969. The molecule has 0 amide bonds. The van der Waals surface area contributed by atoms with Crippen LogP contribution in [0.15, 0.2) is 11.5 Å². The molecular weight excluding hydrogens is 144 g/mol. The highest BCUT2D eigenvalue weighted by atomic mass is 16.7. The number of ether oxygens (including phenoxy) is 2. The molecule has 0 aromatic heterocycles. The van der Waals surface area contributed by atoms with Crippen molar-refractivity contribution in [2.45, 2.75) is 25.9 Å². The molecule has 2 aliphatic heterocycles. The SMILES string of the molecule is CC1OC2=C(CCCO2)C1=O. The Morgan fingerprint density at radius 1 is 1.55 bits per heavy atom. The van der Waals surface area contributed by atoms with Gasteiger partial charge >= 0.3 is 0 Å². The molecule has 0 N–H and O–H groups in total. The van der Waals surface area contributed by atoms with Gasteiger partial charge in [-0.15, -0.1) is 0 Å². The van der Waals surface area contributed by atoms with Crippen molar-refractivity contribution in [2.24, 2.45) is 0 Å². The molecule has 1 unspecified atom stereocenters. The first-order valence-corrected chi connectivity index (χ1v) is 3.86. The lowest BCUT2D eigenvalue weighted by molar-refractivity contribution is -0.121. The molecule has 0 saturated heterocycles. The Labute approximate surface area is 65.0 Å². The third kappa shape index (κ3) is 0.914. The van der Waals surface area contributed by atoms with Crippen LogP contribution in [0.1, 0.15) is 19.8 Å². The molecule has 1 atom stereocenters. The zero-order valence-corrected chi connectivity index (χ0v) is 6.42. The van der Waals surface area contributed by atoms with Crippen molar-refractivity contribution < 1.29 is 14.3 Å². The lowest BCUT2D eigenvalue weighted by atomic mass is 10.0. The third-order valence-electron chi connectivity index (χ3n) is 2.00. The average Bonchev–Trinajstić information content (AvgIpc) is 2.30. The summed E-state index contributed by atoms with van der Waals surface area (Å²) in [6, 6.07) is 0. The monoisotopic (exact) mass is 154 g/mol. The van der Waals surface area contributed by atoms with Gasteiger partial charge in [-0.2, -0.15) is 0 Å². The number of ketones is 1. The van der Waals surface area contributed by atoms with Crippen molar-refractivity contribution in [1.29, 1.82) is 0 Å². The summed E-state index contributed by atoms with van der Waals surface area (Å²) in [7, 11) is 0. The van der Waals surface area contributed by atoms with Crippen LogP contribution in [0, 0.1) is 0 Å². The van der Waals surface area contributed by atoms with Crippen molar-refractivity contribution in [3.8, 4) is 0 Å². The van der Waals surface area contributed by atoms with Crippen molar-refractivity contribution in [2.75, 3.05) is 6.61 Å². The molecule has 0 saturated carbocycles. The van der Waals surface area contributed by atoms with Crippen LogP contribution >= 0.6 is 0 Å². The van der Waals surface area contributed by atoms with E-state index in [1.807, 2.05) is 0 Å². The predicted octanol–water partition coefficient (Wildman–Crippen LogP) is 0.996. The van der Waals surface area contributed by atoms with Gasteiger partial charge in [-0.25, -0.2) is 0 Å². The topological polar surface area (TPSA) is 35.5 Å². The first-order chi connectivity index (χ1) is 5.29. The van der Waals surface area contributed by atoms with Crippen LogP contribution in [-0.4, -0.2) is 18.5 Å². The van der Waals surface area contributed by atoms with Crippen LogP contribution < -0.4 is 0 Å². The van der Waals surface area contributed by atoms with Gasteiger partial charge in [0.2, 0.25) is 5.78 Å². The van der Waals surface area contributed by atoms with Gasteiger partial charge in [-0.3, -0.25) is 4.79 Å². The van der Waals surface area contributed by atoms with Crippen LogP contribution in [0.5, 0.6) is 0 Å². The molecule has 0 radical (unpaired) electrons. The molecule has 60 valence electrons. The van der Waals surface area contributed by atoms with Gasteiger partial charge in [-0.1, -0.05) is 0 Å². The number of carbonyl (C=O) groups excluding carboxylic acids is 1. The molecular formula is C8H10O3. The molecule has 0 fully saturated rings. The van der Waals surface area contributed by atoms with E-state index in [2.05, 4.69) is 0 Å².